The largest absolute Gasteiger partial charge is 0.357 e. The summed E-state index contributed by atoms with van der Waals surface area (Å²) in [6.45, 7) is 6.97. The van der Waals surface area contributed by atoms with E-state index in [-0.39, 0.29) is 24.0 Å². The fourth-order valence-corrected chi connectivity index (χ4v) is 4.22. The SMILES string of the molecule is CCNC(=NCC1CCCS1)NCCc1csc(CC)n1.I. The van der Waals surface area contributed by atoms with E-state index in [2.05, 4.69) is 46.6 Å². The average Bonchev–Trinajstić information content (AvgIpc) is 3.16. The molecule has 0 radical (unpaired) electrons. The Hall–Kier alpha value is -0.0200. The predicted octanol–water partition coefficient (Wildman–Crippen LogP) is 3.32. The number of guanidine groups is 1. The summed E-state index contributed by atoms with van der Waals surface area (Å²) in [5, 5.41) is 10.8. The first-order chi connectivity index (χ1) is 10.3. The molecule has 1 unspecified atom stereocenters. The highest BCUT2D eigenvalue weighted by Crippen LogP contribution is 2.25. The Kier molecular flexibility index (Phi) is 10.5. The van der Waals surface area contributed by atoms with Crippen LogP contribution in [0.4, 0.5) is 0 Å². The summed E-state index contributed by atoms with van der Waals surface area (Å²) in [4.78, 5) is 9.30. The van der Waals surface area contributed by atoms with Crippen molar-refractivity contribution in [1.82, 2.24) is 15.6 Å². The maximum Gasteiger partial charge on any atom is 0.191 e. The molecule has 4 nitrogen and oxygen atoms in total. The first-order valence-corrected chi connectivity index (χ1v) is 9.81. The minimum Gasteiger partial charge on any atom is -0.357 e. The van der Waals surface area contributed by atoms with Crippen molar-refractivity contribution in [3.05, 3.63) is 16.1 Å². The van der Waals surface area contributed by atoms with Crippen LogP contribution in [-0.2, 0) is 12.8 Å². The monoisotopic (exact) mass is 454 g/mol. The van der Waals surface area contributed by atoms with Crippen LogP contribution in [0, 0.1) is 0 Å². The maximum atomic E-state index is 4.70. The number of nitrogens with zero attached hydrogens (tertiary/aromatic N) is 2. The zero-order valence-electron chi connectivity index (χ0n) is 13.4. The first-order valence-electron chi connectivity index (χ1n) is 7.88. The molecule has 7 heteroatoms. The van der Waals surface area contributed by atoms with E-state index in [0.717, 1.165) is 38.4 Å². The Bertz CT molecular complexity index is 445. The van der Waals surface area contributed by atoms with Crippen LogP contribution in [0.25, 0.3) is 0 Å². The van der Waals surface area contributed by atoms with Crippen molar-refractivity contribution < 1.29 is 0 Å². The van der Waals surface area contributed by atoms with E-state index < -0.39 is 0 Å². The van der Waals surface area contributed by atoms with Gasteiger partial charge in [-0.25, -0.2) is 4.98 Å². The van der Waals surface area contributed by atoms with Gasteiger partial charge in [0, 0.05) is 30.1 Å². The third-order valence-corrected chi connectivity index (χ3v) is 5.82. The summed E-state index contributed by atoms with van der Waals surface area (Å²) in [5.41, 5.74) is 1.19. The molecular weight excluding hydrogens is 427 g/mol. The van der Waals surface area contributed by atoms with Crippen LogP contribution in [0.1, 0.15) is 37.4 Å². The molecule has 1 fully saturated rings. The van der Waals surface area contributed by atoms with Gasteiger partial charge in [0.05, 0.1) is 17.2 Å². The summed E-state index contributed by atoms with van der Waals surface area (Å²) in [6, 6.07) is 0. The third-order valence-electron chi connectivity index (χ3n) is 3.40. The van der Waals surface area contributed by atoms with Crippen LogP contribution in [-0.4, -0.2) is 41.6 Å². The van der Waals surface area contributed by atoms with Gasteiger partial charge in [0.2, 0.25) is 0 Å². The van der Waals surface area contributed by atoms with Crippen LogP contribution < -0.4 is 10.6 Å². The molecule has 1 aliphatic heterocycles. The van der Waals surface area contributed by atoms with Gasteiger partial charge in [-0.05, 0) is 31.9 Å². The van der Waals surface area contributed by atoms with Gasteiger partial charge in [0.15, 0.2) is 5.96 Å². The summed E-state index contributed by atoms with van der Waals surface area (Å²) < 4.78 is 0. The zero-order valence-corrected chi connectivity index (χ0v) is 17.4. The minimum absolute atomic E-state index is 0. The number of aliphatic imine (C=N–C) groups is 1. The molecule has 0 saturated carbocycles. The molecule has 0 aromatic carbocycles. The van der Waals surface area contributed by atoms with Crippen molar-refractivity contribution in [1.29, 1.82) is 0 Å². The topological polar surface area (TPSA) is 49.3 Å². The van der Waals surface area contributed by atoms with Crippen molar-refractivity contribution >= 4 is 53.0 Å². The highest BCUT2D eigenvalue weighted by atomic mass is 127. The van der Waals surface area contributed by atoms with Crippen LogP contribution in [0.15, 0.2) is 10.4 Å². The first kappa shape index (κ1) is 20.0. The summed E-state index contributed by atoms with van der Waals surface area (Å²) in [6.07, 6.45) is 4.64. The van der Waals surface area contributed by atoms with Crippen LogP contribution in [0.2, 0.25) is 0 Å². The molecular formula is C15H27IN4S2. The van der Waals surface area contributed by atoms with Gasteiger partial charge in [0.1, 0.15) is 0 Å². The lowest BCUT2D eigenvalue weighted by Gasteiger charge is -2.12. The fourth-order valence-electron chi connectivity index (χ4n) is 2.26. The summed E-state index contributed by atoms with van der Waals surface area (Å²) in [7, 11) is 0. The lowest BCUT2D eigenvalue weighted by atomic mass is 10.2. The fraction of sp³-hybridized carbons (Fsp3) is 0.733. The van der Waals surface area contributed by atoms with E-state index in [1.165, 1.54) is 29.3 Å². The number of aryl methyl sites for hydroxylation is 1. The third kappa shape index (κ3) is 7.04. The molecule has 2 heterocycles. The second-order valence-corrected chi connectivity index (χ2v) is 7.47. The van der Waals surface area contributed by atoms with Gasteiger partial charge in [-0.2, -0.15) is 11.8 Å². The van der Waals surface area contributed by atoms with Crippen molar-refractivity contribution in [3.63, 3.8) is 0 Å². The Balaban J connectivity index is 0.00000242. The number of hydrogen-bond acceptors (Lipinski definition) is 4. The second kappa shape index (κ2) is 11.5. The number of thiazole rings is 1. The highest BCUT2D eigenvalue weighted by molar-refractivity contribution is 14.0. The molecule has 0 aliphatic carbocycles. The van der Waals surface area contributed by atoms with Crippen LogP contribution in [0.5, 0.6) is 0 Å². The normalized spacial score (nSPS) is 18.1. The molecule has 22 heavy (non-hydrogen) atoms. The molecule has 0 spiro atoms. The zero-order chi connectivity index (χ0) is 14.9. The lowest BCUT2D eigenvalue weighted by Crippen LogP contribution is -2.38. The average molecular weight is 454 g/mol. The van der Waals surface area contributed by atoms with Gasteiger partial charge >= 0.3 is 0 Å². The Morgan fingerprint density at radius 3 is 2.91 bits per heavy atom. The van der Waals surface area contributed by atoms with Crippen molar-refractivity contribution in [3.8, 4) is 0 Å². The van der Waals surface area contributed by atoms with Gasteiger partial charge < -0.3 is 10.6 Å². The van der Waals surface area contributed by atoms with Crippen molar-refractivity contribution in [2.45, 2.75) is 44.8 Å². The van der Waals surface area contributed by atoms with E-state index in [1.807, 2.05) is 0 Å². The molecule has 1 atom stereocenters. The molecule has 2 rings (SSSR count). The second-order valence-electron chi connectivity index (χ2n) is 5.12. The molecule has 0 amide bonds. The van der Waals surface area contributed by atoms with Gasteiger partial charge in [-0.15, -0.1) is 35.3 Å². The Morgan fingerprint density at radius 1 is 1.41 bits per heavy atom. The maximum absolute atomic E-state index is 4.70. The van der Waals surface area contributed by atoms with E-state index >= 15 is 0 Å². The Labute approximate surface area is 159 Å². The van der Waals surface area contributed by atoms with Crippen LogP contribution in [0.3, 0.4) is 0 Å². The number of hydrogen-bond donors (Lipinski definition) is 2. The number of thioether (sulfide) groups is 1. The smallest absolute Gasteiger partial charge is 0.191 e. The lowest BCUT2D eigenvalue weighted by molar-refractivity contribution is 0.757. The molecule has 126 valence electrons. The number of halogens is 1. The minimum atomic E-state index is 0. The van der Waals surface area contributed by atoms with Crippen LogP contribution >= 0.6 is 47.1 Å². The van der Waals surface area contributed by atoms with E-state index in [9.17, 15) is 0 Å². The Morgan fingerprint density at radius 2 is 2.27 bits per heavy atom. The predicted molar refractivity (Wildman–Crippen MR) is 110 cm³/mol. The van der Waals surface area contributed by atoms with Gasteiger partial charge in [-0.1, -0.05) is 6.92 Å². The molecule has 0 bridgehead atoms. The summed E-state index contributed by atoms with van der Waals surface area (Å²) in [5.74, 6) is 2.24. The number of nitrogens with one attached hydrogen (secondary N) is 2. The van der Waals surface area contributed by atoms with Gasteiger partial charge in [0.25, 0.3) is 0 Å². The molecule has 1 saturated heterocycles. The summed E-state index contributed by atoms with van der Waals surface area (Å²) >= 11 is 3.82. The molecule has 1 aromatic rings. The molecule has 2 N–H and O–H groups in total. The van der Waals surface area contributed by atoms with E-state index in [1.54, 1.807) is 11.3 Å². The number of aromatic nitrogens is 1. The quantitative estimate of drug-likeness (QED) is 0.377. The molecule has 1 aromatic heterocycles. The molecule has 1 aliphatic rings. The van der Waals surface area contributed by atoms with E-state index in [0.29, 0.717) is 5.25 Å². The highest BCUT2D eigenvalue weighted by Gasteiger charge is 2.14. The van der Waals surface area contributed by atoms with Crippen molar-refractivity contribution in [2.75, 3.05) is 25.4 Å². The number of rotatable bonds is 7. The van der Waals surface area contributed by atoms with E-state index in [4.69, 9.17) is 4.99 Å². The van der Waals surface area contributed by atoms with Gasteiger partial charge in [-0.3, -0.25) is 4.99 Å². The van der Waals surface area contributed by atoms with Crippen molar-refractivity contribution in [2.24, 2.45) is 4.99 Å². The standard InChI is InChI=1S/C15H26N4S2.HI/c1-3-14-19-12(11-21-14)7-8-17-15(16-4-2)18-10-13-6-5-9-20-13;/h11,13H,3-10H2,1-2H3,(H2,16,17,18);1H.